The molecule has 1 saturated heterocycles. The van der Waals surface area contributed by atoms with Crippen molar-refractivity contribution in [2.75, 3.05) is 27.3 Å². The molecule has 1 aliphatic heterocycles. The van der Waals surface area contributed by atoms with Gasteiger partial charge in [-0.2, -0.15) is 0 Å². The van der Waals surface area contributed by atoms with Gasteiger partial charge in [0.1, 0.15) is 5.01 Å². The van der Waals surface area contributed by atoms with Crippen LogP contribution >= 0.6 is 11.3 Å². The second-order valence-corrected chi connectivity index (χ2v) is 5.46. The fourth-order valence-electron chi connectivity index (χ4n) is 2.16. The Bertz CT molecular complexity index is 336. The summed E-state index contributed by atoms with van der Waals surface area (Å²) in [5, 5.41) is 6.47. The van der Waals surface area contributed by atoms with Crippen LogP contribution in [0.25, 0.3) is 0 Å². The maximum Gasteiger partial charge on any atom is 0.107 e. The van der Waals surface area contributed by atoms with E-state index in [2.05, 4.69) is 27.6 Å². The van der Waals surface area contributed by atoms with Crippen LogP contribution in [0.3, 0.4) is 0 Å². The van der Waals surface area contributed by atoms with E-state index in [0.717, 1.165) is 39.1 Å². The number of aromatic nitrogens is 1. The maximum absolute atomic E-state index is 5.39. The van der Waals surface area contributed by atoms with Crippen molar-refractivity contribution in [3.63, 3.8) is 0 Å². The Balaban J connectivity index is 1.85. The van der Waals surface area contributed by atoms with Gasteiger partial charge in [-0.1, -0.05) is 0 Å². The molecule has 5 heteroatoms. The first-order valence-corrected chi connectivity index (χ1v) is 7.03. The zero-order chi connectivity index (χ0) is 12.1. The molecule has 2 heterocycles. The Labute approximate surface area is 107 Å². The van der Waals surface area contributed by atoms with E-state index in [4.69, 9.17) is 4.74 Å². The first-order valence-electron chi connectivity index (χ1n) is 6.15. The van der Waals surface area contributed by atoms with Gasteiger partial charge in [0.2, 0.25) is 0 Å². The van der Waals surface area contributed by atoms with Crippen molar-refractivity contribution < 1.29 is 4.74 Å². The van der Waals surface area contributed by atoms with Gasteiger partial charge in [-0.15, -0.1) is 11.3 Å². The molecule has 2 rings (SSSR count). The van der Waals surface area contributed by atoms with E-state index >= 15 is 0 Å². The van der Waals surface area contributed by atoms with Gasteiger partial charge in [0.15, 0.2) is 0 Å². The lowest BCUT2D eigenvalue weighted by Gasteiger charge is -2.30. The molecule has 0 radical (unpaired) electrons. The van der Waals surface area contributed by atoms with Gasteiger partial charge in [-0.25, -0.2) is 4.98 Å². The molecule has 0 atom stereocenters. The number of hydrogen-bond donors (Lipinski definition) is 1. The third-order valence-electron chi connectivity index (χ3n) is 3.15. The molecule has 4 nitrogen and oxygen atoms in total. The number of rotatable bonds is 5. The minimum atomic E-state index is 0.651. The quantitative estimate of drug-likeness (QED) is 0.864. The van der Waals surface area contributed by atoms with Crippen molar-refractivity contribution in [1.82, 2.24) is 15.2 Å². The summed E-state index contributed by atoms with van der Waals surface area (Å²) in [6.45, 7) is 3.62. The predicted octanol–water partition coefficient (Wildman–Crippen LogP) is 1.47. The van der Waals surface area contributed by atoms with Gasteiger partial charge in [-0.3, -0.25) is 4.90 Å². The van der Waals surface area contributed by atoms with E-state index in [-0.39, 0.29) is 0 Å². The van der Waals surface area contributed by atoms with Gasteiger partial charge in [0.05, 0.1) is 5.69 Å². The largest absolute Gasteiger partial charge is 0.381 e. The van der Waals surface area contributed by atoms with Gasteiger partial charge in [0, 0.05) is 37.7 Å². The summed E-state index contributed by atoms with van der Waals surface area (Å²) >= 11 is 1.74. The lowest BCUT2D eigenvalue weighted by Crippen LogP contribution is -2.36. The highest BCUT2D eigenvalue weighted by atomic mass is 32.1. The van der Waals surface area contributed by atoms with Crippen LogP contribution in [0.4, 0.5) is 0 Å². The molecular formula is C12H21N3OS. The summed E-state index contributed by atoms with van der Waals surface area (Å²) in [4.78, 5) is 7.02. The Morgan fingerprint density at radius 1 is 1.53 bits per heavy atom. The summed E-state index contributed by atoms with van der Waals surface area (Å²) in [6.07, 6.45) is 2.29. The normalized spacial score (nSPS) is 17.8. The number of hydrogen-bond acceptors (Lipinski definition) is 5. The molecule has 1 N–H and O–H groups in total. The van der Waals surface area contributed by atoms with E-state index in [1.165, 1.54) is 10.7 Å². The summed E-state index contributed by atoms with van der Waals surface area (Å²) in [6, 6.07) is 0.651. The van der Waals surface area contributed by atoms with Crippen molar-refractivity contribution in [3.05, 3.63) is 16.1 Å². The zero-order valence-corrected chi connectivity index (χ0v) is 11.4. The van der Waals surface area contributed by atoms with Crippen LogP contribution in [-0.4, -0.2) is 43.2 Å². The van der Waals surface area contributed by atoms with E-state index in [9.17, 15) is 0 Å². The molecule has 17 heavy (non-hydrogen) atoms. The average molecular weight is 255 g/mol. The zero-order valence-electron chi connectivity index (χ0n) is 10.6. The highest BCUT2D eigenvalue weighted by Gasteiger charge is 2.19. The van der Waals surface area contributed by atoms with Gasteiger partial charge in [0.25, 0.3) is 0 Å². The summed E-state index contributed by atoms with van der Waals surface area (Å²) in [5.41, 5.74) is 1.19. The van der Waals surface area contributed by atoms with Crippen LogP contribution in [0.2, 0.25) is 0 Å². The topological polar surface area (TPSA) is 37.4 Å². The molecule has 0 bridgehead atoms. The third kappa shape index (κ3) is 3.74. The number of thiazole rings is 1. The van der Waals surface area contributed by atoms with Crippen molar-refractivity contribution >= 4 is 11.3 Å². The van der Waals surface area contributed by atoms with Gasteiger partial charge >= 0.3 is 0 Å². The van der Waals surface area contributed by atoms with Crippen LogP contribution in [0, 0.1) is 0 Å². The van der Waals surface area contributed by atoms with Gasteiger partial charge in [-0.05, 0) is 26.9 Å². The second-order valence-electron chi connectivity index (χ2n) is 4.52. The first kappa shape index (κ1) is 13.0. The molecule has 96 valence electrons. The van der Waals surface area contributed by atoms with Crippen molar-refractivity contribution in [2.24, 2.45) is 0 Å². The average Bonchev–Trinajstić information content (AvgIpc) is 2.78. The number of ether oxygens (including phenoxy) is 1. The fourth-order valence-corrected chi connectivity index (χ4v) is 2.96. The second kappa shape index (κ2) is 6.44. The highest BCUT2D eigenvalue weighted by Crippen LogP contribution is 2.17. The summed E-state index contributed by atoms with van der Waals surface area (Å²) < 4.78 is 5.39. The van der Waals surface area contributed by atoms with E-state index in [1.54, 1.807) is 11.3 Å². The van der Waals surface area contributed by atoms with Crippen LogP contribution in [0.1, 0.15) is 23.5 Å². The number of nitrogens with zero attached hydrogens (tertiary/aromatic N) is 2. The monoisotopic (exact) mass is 255 g/mol. The highest BCUT2D eigenvalue weighted by molar-refractivity contribution is 7.09. The van der Waals surface area contributed by atoms with Crippen LogP contribution in [0.5, 0.6) is 0 Å². The standard InChI is InChI=1S/C12H21N3OS/c1-13-7-12-14-10(9-17-12)8-15(2)11-3-5-16-6-4-11/h9,11,13H,3-8H2,1-2H3. The molecule has 0 amide bonds. The summed E-state index contributed by atoms with van der Waals surface area (Å²) in [7, 11) is 4.14. The summed E-state index contributed by atoms with van der Waals surface area (Å²) in [5.74, 6) is 0. The molecule has 0 aliphatic carbocycles. The number of nitrogens with one attached hydrogen (secondary N) is 1. The molecular weight excluding hydrogens is 234 g/mol. The Morgan fingerprint density at radius 3 is 3.00 bits per heavy atom. The van der Waals surface area contributed by atoms with Crippen LogP contribution < -0.4 is 5.32 Å². The lowest BCUT2D eigenvalue weighted by atomic mass is 10.1. The minimum absolute atomic E-state index is 0.651. The minimum Gasteiger partial charge on any atom is -0.381 e. The molecule has 1 aromatic rings. The molecule has 1 aliphatic rings. The van der Waals surface area contributed by atoms with E-state index < -0.39 is 0 Å². The molecule has 0 spiro atoms. The Kier molecular flexibility index (Phi) is 4.91. The van der Waals surface area contributed by atoms with Crippen LogP contribution in [0.15, 0.2) is 5.38 Å². The molecule has 1 aromatic heterocycles. The first-order chi connectivity index (χ1) is 8.29. The molecule has 0 aromatic carbocycles. The van der Waals surface area contributed by atoms with Crippen molar-refractivity contribution in [1.29, 1.82) is 0 Å². The predicted molar refractivity (Wildman–Crippen MR) is 70.2 cm³/mol. The molecule has 0 saturated carbocycles. The lowest BCUT2D eigenvalue weighted by molar-refractivity contribution is 0.0403. The van der Waals surface area contributed by atoms with Crippen molar-refractivity contribution in [3.8, 4) is 0 Å². The Morgan fingerprint density at radius 2 is 2.29 bits per heavy atom. The smallest absolute Gasteiger partial charge is 0.107 e. The maximum atomic E-state index is 5.39. The van der Waals surface area contributed by atoms with Crippen molar-refractivity contribution in [2.45, 2.75) is 32.0 Å². The van der Waals surface area contributed by atoms with Crippen LogP contribution in [-0.2, 0) is 17.8 Å². The SMILES string of the molecule is CNCc1nc(CN(C)C2CCOCC2)cs1. The third-order valence-corrected chi connectivity index (χ3v) is 4.05. The molecule has 1 fully saturated rings. The van der Waals surface area contributed by atoms with E-state index in [1.807, 2.05) is 7.05 Å². The molecule has 0 unspecified atom stereocenters. The Hall–Kier alpha value is -0.490. The van der Waals surface area contributed by atoms with E-state index in [0.29, 0.717) is 6.04 Å². The van der Waals surface area contributed by atoms with Gasteiger partial charge < -0.3 is 10.1 Å². The fraction of sp³-hybridized carbons (Fsp3) is 0.750.